The van der Waals surface area contributed by atoms with Crippen molar-refractivity contribution in [1.82, 2.24) is 5.06 Å². The van der Waals surface area contributed by atoms with E-state index in [1.807, 2.05) is 0 Å². The van der Waals surface area contributed by atoms with Gasteiger partial charge in [-0.3, -0.25) is 0 Å². The number of carbonyl (C=O) groups is 1. The molecule has 3 rings (SSSR count). The number of hydrogen-bond donors (Lipinski definition) is 4. The molecule has 1 saturated heterocycles. The number of urea groups is 1. The fourth-order valence-corrected chi connectivity index (χ4v) is 4.31. The predicted octanol–water partition coefficient (Wildman–Crippen LogP) is 4.35. The number of nitrogens with zero attached hydrogens (tertiary/aromatic N) is 1. The van der Waals surface area contributed by atoms with Crippen LogP contribution in [0.15, 0.2) is 42.5 Å². The first kappa shape index (κ1) is 24.3. The standard InChI is InChI=1S/C23H29ClFN3O4/c24-17-5-8-21(20(14-17)27-22(26)29)32-12-2-10-23(30)9-1-11-28(31)19(15-23)13-16-3-6-18(25)7-4-16/h3-8,14,19,30-31H,1-2,9-13,15H2,(H3,26,27,29). The number of anilines is 1. The summed E-state index contributed by atoms with van der Waals surface area (Å²) < 4.78 is 19.0. The highest BCUT2D eigenvalue weighted by Crippen LogP contribution is 2.32. The van der Waals surface area contributed by atoms with Crippen molar-refractivity contribution in [1.29, 1.82) is 0 Å². The van der Waals surface area contributed by atoms with Crippen LogP contribution < -0.4 is 15.8 Å². The van der Waals surface area contributed by atoms with E-state index < -0.39 is 11.6 Å². The van der Waals surface area contributed by atoms with Gasteiger partial charge in [0, 0.05) is 17.6 Å². The number of ether oxygens (including phenoxy) is 1. The van der Waals surface area contributed by atoms with E-state index in [1.165, 1.54) is 17.2 Å². The average Bonchev–Trinajstić information content (AvgIpc) is 2.86. The molecule has 1 aliphatic heterocycles. The Balaban J connectivity index is 1.56. The van der Waals surface area contributed by atoms with Crippen molar-refractivity contribution >= 4 is 23.3 Å². The number of aliphatic hydroxyl groups is 1. The van der Waals surface area contributed by atoms with Crippen LogP contribution in [0.5, 0.6) is 5.75 Å². The third kappa shape index (κ3) is 7.06. The van der Waals surface area contributed by atoms with Gasteiger partial charge in [0.25, 0.3) is 0 Å². The predicted molar refractivity (Wildman–Crippen MR) is 121 cm³/mol. The van der Waals surface area contributed by atoms with Crippen molar-refractivity contribution in [2.45, 2.75) is 50.2 Å². The van der Waals surface area contributed by atoms with Crippen LogP contribution in [0.1, 0.15) is 37.7 Å². The fourth-order valence-electron chi connectivity index (χ4n) is 4.14. The van der Waals surface area contributed by atoms with Crippen molar-refractivity contribution in [2.75, 3.05) is 18.5 Å². The minimum absolute atomic E-state index is 0.267. The monoisotopic (exact) mass is 465 g/mol. The number of nitrogens with two attached hydrogens (primary N) is 1. The van der Waals surface area contributed by atoms with Crippen molar-refractivity contribution < 1.29 is 24.2 Å². The van der Waals surface area contributed by atoms with E-state index in [0.717, 1.165) is 5.56 Å². The molecular weight excluding hydrogens is 437 g/mol. The number of amides is 2. The molecule has 1 heterocycles. The summed E-state index contributed by atoms with van der Waals surface area (Å²) in [5, 5.41) is 25.8. The number of hydroxylamine groups is 2. The smallest absolute Gasteiger partial charge is 0.316 e. The second kappa shape index (κ2) is 11.0. The maximum Gasteiger partial charge on any atom is 0.316 e. The lowest BCUT2D eigenvalue weighted by Gasteiger charge is -2.31. The summed E-state index contributed by atoms with van der Waals surface area (Å²) >= 11 is 5.96. The molecule has 2 aromatic rings. The summed E-state index contributed by atoms with van der Waals surface area (Å²) in [7, 11) is 0. The first-order chi connectivity index (χ1) is 15.2. The van der Waals surface area contributed by atoms with Gasteiger partial charge in [0.15, 0.2) is 0 Å². The summed E-state index contributed by atoms with van der Waals surface area (Å²) in [5.74, 6) is 0.138. The normalized spacial score (nSPS) is 21.7. The Morgan fingerprint density at radius 2 is 2.06 bits per heavy atom. The number of halogens is 2. The van der Waals surface area contributed by atoms with E-state index in [1.54, 1.807) is 30.3 Å². The van der Waals surface area contributed by atoms with Crippen molar-refractivity contribution in [3.8, 4) is 5.75 Å². The van der Waals surface area contributed by atoms with Gasteiger partial charge in [0.05, 0.1) is 17.9 Å². The largest absolute Gasteiger partial charge is 0.491 e. The van der Waals surface area contributed by atoms with Gasteiger partial charge in [0.2, 0.25) is 0 Å². The van der Waals surface area contributed by atoms with E-state index >= 15 is 0 Å². The van der Waals surface area contributed by atoms with Crippen LogP contribution in [0, 0.1) is 5.82 Å². The molecule has 7 nitrogen and oxygen atoms in total. The Labute approximate surface area is 191 Å². The van der Waals surface area contributed by atoms with Crippen LogP contribution in [0.2, 0.25) is 5.02 Å². The van der Waals surface area contributed by atoms with Crippen molar-refractivity contribution in [3.63, 3.8) is 0 Å². The van der Waals surface area contributed by atoms with Crippen LogP contribution in [0.3, 0.4) is 0 Å². The Bertz CT molecular complexity index is 915. The third-order valence-corrected chi connectivity index (χ3v) is 5.93. The van der Waals surface area contributed by atoms with Crippen molar-refractivity contribution in [2.24, 2.45) is 5.73 Å². The highest BCUT2D eigenvalue weighted by atomic mass is 35.5. The van der Waals surface area contributed by atoms with Gasteiger partial charge >= 0.3 is 6.03 Å². The number of benzene rings is 2. The van der Waals surface area contributed by atoms with Crippen LogP contribution in [-0.2, 0) is 6.42 Å². The number of nitrogens with one attached hydrogen (secondary N) is 1. The molecule has 2 aromatic carbocycles. The first-order valence-corrected chi connectivity index (χ1v) is 11.0. The molecule has 1 fully saturated rings. The van der Waals surface area contributed by atoms with Gasteiger partial charge in [-0.2, -0.15) is 5.06 Å². The molecule has 0 spiro atoms. The Hall–Kier alpha value is -2.39. The second-order valence-corrected chi connectivity index (χ2v) is 8.70. The third-order valence-electron chi connectivity index (χ3n) is 5.69. The Morgan fingerprint density at radius 1 is 1.31 bits per heavy atom. The number of rotatable bonds is 8. The molecule has 0 aliphatic carbocycles. The molecular formula is C23H29ClFN3O4. The summed E-state index contributed by atoms with van der Waals surface area (Å²) in [4.78, 5) is 11.2. The maximum atomic E-state index is 13.2. The molecule has 5 N–H and O–H groups in total. The Morgan fingerprint density at radius 3 is 2.78 bits per heavy atom. The zero-order valence-electron chi connectivity index (χ0n) is 17.8. The molecule has 1 aliphatic rings. The topological polar surface area (TPSA) is 108 Å². The minimum atomic E-state index is -0.945. The van der Waals surface area contributed by atoms with Crippen LogP contribution >= 0.6 is 11.6 Å². The summed E-state index contributed by atoms with van der Waals surface area (Å²) in [6.45, 7) is 0.792. The molecule has 174 valence electrons. The SMILES string of the molecule is NC(=O)Nc1cc(Cl)ccc1OCCCC1(O)CCCN(O)C(Cc2ccc(F)cc2)C1. The zero-order valence-corrected chi connectivity index (χ0v) is 18.5. The molecule has 32 heavy (non-hydrogen) atoms. The van der Waals surface area contributed by atoms with Gasteiger partial charge < -0.3 is 26.1 Å². The quantitative estimate of drug-likeness (QED) is 0.433. The van der Waals surface area contributed by atoms with Gasteiger partial charge in [0.1, 0.15) is 11.6 Å². The number of carbonyl (C=O) groups excluding carboxylic acids is 1. The maximum absolute atomic E-state index is 13.2. The minimum Gasteiger partial charge on any atom is -0.491 e. The number of primary amides is 1. The summed E-state index contributed by atoms with van der Waals surface area (Å²) in [5.41, 5.74) is 5.53. The molecule has 2 atom stereocenters. The van der Waals surface area contributed by atoms with Gasteiger partial charge in [-0.15, -0.1) is 0 Å². The molecule has 0 saturated carbocycles. The van der Waals surface area contributed by atoms with Crippen LogP contribution in [0.4, 0.5) is 14.9 Å². The van der Waals surface area contributed by atoms with E-state index in [4.69, 9.17) is 22.1 Å². The van der Waals surface area contributed by atoms with Crippen LogP contribution in [0.25, 0.3) is 0 Å². The highest BCUT2D eigenvalue weighted by molar-refractivity contribution is 6.31. The van der Waals surface area contributed by atoms with Crippen molar-refractivity contribution in [3.05, 3.63) is 58.9 Å². The lowest BCUT2D eigenvalue weighted by atomic mass is 9.85. The van der Waals surface area contributed by atoms with E-state index in [-0.39, 0.29) is 11.9 Å². The second-order valence-electron chi connectivity index (χ2n) is 8.26. The molecule has 9 heteroatoms. The zero-order chi connectivity index (χ0) is 23.1. The first-order valence-electron chi connectivity index (χ1n) is 10.7. The molecule has 2 unspecified atom stereocenters. The lowest BCUT2D eigenvalue weighted by Crippen LogP contribution is -2.39. The average molecular weight is 466 g/mol. The molecule has 0 bridgehead atoms. The molecule has 0 radical (unpaired) electrons. The molecule has 2 amide bonds. The molecule has 0 aromatic heterocycles. The lowest BCUT2D eigenvalue weighted by molar-refractivity contribution is -0.132. The number of hydrogen-bond acceptors (Lipinski definition) is 5. The van der Waals surface area contributed by atoms with Crippen LogP contribution in [-0.4, -0.2) is 46.2 Å². The van der Waals surface area contributed by atoms with Gasteiger partial charge in [-0.1, -0.05) is 23.7 Å². The van der Waals surface area contributed by atoms with Gasteiger partial charge in [-0.25, -0.2) is 9.18 Å². The van der Waals surface area contributed by atoms with E-state index in [9.17, 15) is 19.5 Å². The summed E-state index contributed by atoms with van der Waals surface area (Å²) in [6, 6.07) is 10.1. The van der Waals surface area contributed by atoms with Gasteiger partial charge in [-0.05, 0) is 74.4 Å². The Kier molecular flexibility index (Phi) is 8.31. The highest BCUT2D eigenvalue weighted by Gasteiger charge is 2.35. The van der Waals surface area contributed by atoms with E-state index in [2.05, 4.69) is 5.32 Å². The summed E-state index contributed by atoms with van der Waals surface area (Å²) in [6.07, 6.45) is 3.21. The van der Waals surface area contributed by atoms with E-state index in [0.29, 0.717) is 68.1 Å². The fraction of sp³-hybridized carbons (Fsp3) is 0.435.